The molecule has 0 N–H and O–H groups in total. The van der Waals surface area contributed by atoms with Crippen molar-refractivity contribution >= 4 is 17.1 Å². The first-order chi connectivity index (χ1) is 7.68. The molecule has 0 atom stereocenters. The van der Waals surface area contributed by atoms with Crippen molar-refractivity contribution in [2.24, 2.45) is 0 Å². The quantitative estimate of drug-likeness (QED) is 0.759. The molecular formula is C10H12N4OS. The van der Waals surface area contributed by atoms with Gasteiger partial charge in [0.15, 0.2) is 5.78 Å². The lowest BCUT2D eigenvalue weighted by Gasteiger charge is -2.07. The van der Waals surface area contributed by atoms with Crippen LogP contribution in [0.4, 0.5) is 0 Å². The lowest BCUT2D eigenvalue weighted by Crippen LogP contribution is -2.12. The molecule has 84 valence electrons. The number of carbonyl (C=O) groups is 1. The molecule has 2 heterocycles. The van der Waals surface area contributed by atoms with Crippen LogP contribution in [0.1, 0.15) is 35.4 Å². The van der Waals surface area contributed by atoms with E-state index in [1.807, 2.05) is 13.8 Å². The SMILES string of the molecule is CC(C)n1ncnc1CC(=O)c1cncs1. The molecule has 0 fully saturated rings. The molecule has 0 bridgehead atoms. The Labute approximate surface area is 97.2 Å². The molecule has 0 saturated carbocycles. The number of rotatable bonds is 4. The molecule has 0 amide bonds. The fourth-order valence-electron chi connectivity index (χ4n) is 1.42. The number of carbonyl (C=O) groups excluding carboxylic acids is 1. The van der Waals surface area contributed by atoms with Crippen molar-refractivity contribution in [1.29, 1.82) is 0 Å². The Kier molecular flexibility index (Phi) is 3.09. The first kappa shape index (κ1) is 10.9. The van der Waals surface area contributed by atoms with Gasteiger partial charge in [-0.05, 0) is 13.8 Å². The van der Waals surface area contributed by atoms with Gasteiger partial charge in [-0.3, -0.25) is 9.78 Å². The van der Waals surface area contributed by atoms with E-state index in [1.165, 1.54) is 17.7 Å². The van der Waals surface area contributed by atoms with Crippen LogP contribution in [0, 0.1) is 0 Å². The molecule has 0 radical (unpaired) electrons. The highest BCUT2D eigenvalue weighted by Gasteiger charge is 2.14. The molecular weight excluding hydrogens is 224 g/mol. The molecule has 0 aromatic carbocycles. The molecule has 2 rings (SSSR count). The Balaban J connectivity index is 2.15. The third kappa shape index (κ3) is 2.16. The predicted octanol–water partition coefficient (Wildman–Crippen LogP) is 1.74. The summed E-state index contributed by atoms with van der Waals surface area (Å²) in [6, 6.07) is 0.215. The minimum Gasteiger partial charge on any atom is -0.293 e. The van der Waals surface area contributed by atoms with Gasteiger partial charge in [0.05, 0.1) is 16.8 Å². The summed E-state index contributed by atoms with van der Waals surface area (Å²) < 4.78 is 1.76. The molecule has 0 saturated heterocycles. The van der Waals surface area contributed by atoms with Crippen LogP contribution < -0.4 is 0 Å². The Hall–Kier alpha value is -1.56. The van der Waals surface area contributed by atoms with Crippen LogP contribution in [0.25, 0.3) is 0 Å². The summed E-state index contributed by atoms with van der Waals surface area (Å²) in [5, 5.41) is 4.09. The van der Waals surface area contributed by atoms with Crippen LogP contribution in [0.5, 0.6) is 0 Å². The normalized spacial score (nSPS) is 10.9. The highest BCUT2D eigenvalue weighted by molar-refractivity contribution is 7.11. The Morgan fingerprint density at radius 2 is 2.38 bits per heavy atom. The van der Waals surface area contributed by atoms with Crippen molar-refractivity contribution in [3.05, 3.63) is 28.7 Å². The van der Waals surface area contributed by atoms with E-state index in [4.69, 9.17) is 0 Å². The summed E-state index contributed by atoms with van der Waals surface area (Å²) in [6.45, 7) is 4.02. The second-order valence-corrected chi connectivity index (χ2v) is 4.57. The molecule has 2 aromatic rings. The zero-order valence-corrected chi connectivity index (χ0v) is 9.94. The summed E-state index contributed by atoms with van der Waals surface area (Å²) in [5.74, 6) is 0.741. The van der Waals surface area contributed by atoms with Crippen molar-refractivity contribution in [2.75, 3.05) is 0 Å². The van der Waals surface area contributed by atoms with Gasteiger partial charge >= 0.3 is 0 Å². The molecule has 0 unspecified atom stereocenters. The number of ketones is 1. The highest BCUT2D eigenvalue weighted by Crippen LogP contribution is 2.12. The maximum atomic E-state index is 11.8. The zero-order chi connectivity index (χ0) is 11.5. The van der Waals surface area contributed by atoms with Gasteiger partial charge in [0.1, 0.15) is 12.2 Å². The maximum absolute atomic E-state index is 11.8. The van der Waals surface area contributed by atoms with E-state index in [9.17, 15) is 4.79 Å². The largest absolute Gasteiger partial charge is 0.293 e. The maximum Gasteiger partial charge on any atom is 0.181 e. The molecule has 0 aliphatic heterocycles. The van der Waals surface area contributed by atoms with E-state index in [-0.39, 0.29) is 18.2 Å². The fraction of sp³-hybridized carbons (Fsp3) is 0.400. The number of hydrogen-bond donors (Lipinski definition) is 0. The number of thiazole rings is 1. The van der Waals surface area contributed by atoms with Crippen molar-refractivity contribution in [3.8, 4) is 0 Å². The van der Waals surface area contributed by atoms with Gasteiger partial charge in [-0.25, -0.2) is 9.67 Å². The lowest BCUT2D eigenvalue weighted by molar-refractivity contribution is 0.0992. The third-order valence-corrected chi connectivity index (χ3v) is 2.98. The van der Waals surface area contributed by atoms with Crippen LogP contribution in [-0.4, -0.2) is 25.5 Å². The molecule has 6 heteroatoms. The molecule has 0 spiro atoms. The number of aromatic nitrogens is 4. The number of hydrogen-bond acceptors (Lipinski definition) is 5. The minimum absolute atomic E-state index is 0.0393. The molecule has 0 aliphatic carbocycles. The van der Waals surface area contributed by atoms with E-state index in [0.29, 0.717) is 10.7 Å². The van der Waals surface area contributed by atoms with Crippen LogP contribution in [0.2, 0.25) is 0 Å². The van der Waals surface area contributed by atoms with Gasteiger partial charge < -0.3 is 0 Å². The Bertz CT molecular complexity index is 475. The van der Waals surface area contributed by atoms with E-state index in [2.05, 4.69) is 15.1 Å². The van der Waals surface area contributed by atoms with Crippen molar-refractivity contribution in [3.63, 3.8) is 0 Å². The number of nitrogens with zero attached hydrogens (tertiary/aromatic N) is 4. The van der Waals surface area contributed by atoms with Gasteiger partial charge in [0, 0.05) is 12.2 Å². The van der Waals surface area contributed by atoms with E-state index in [1.54, 1.807) is 16.4 Å². The van der Waals surface area contributed by atoms with Gasteiger partial charge in [0.25, 0.3) is 0 Å². The lowest BCUT2D eigenvalue weighted by atomic mass is 10.2. The van der Waals surface area contributed by atoms with E-state index >= 15 is 0 Å². The van der Waals surface area contributed by atoms with Gasteiger partial charge in [-0.1, -0.05) is 0 Å². The van der Waals surface area contributed by atoms with Crippen LogP contribution in [-0.2, 0) is 6.42 Å². The average Bonchev–Trinajstić information content (AvgIpc) is 2.86. The minimum atomic E-state index is 0.0393. The van der Waals surface area contributed by atoms with E-state index in [0.717, 1.165) is 0 Å². The highest BCUT2D eigenvalue weighted by atomic mass is 32.1. The second kappa shape index (κ2) is 4.52. The molecule has 5 nitrogen and oxygen atoms in total. The second-order valence-electron chi connectivity index (χ2n) is 3.68. The summed E-state index contributed by atoms with van der Waals surface area (Å²) in [4.78, 5) is 20.5. The standard InChI is InChI=1S/C10H12N4OS/c1-7(2)14-10(12-5-13-14)3-8(15)9-4-11-6-16-9/h4-7H,3H2,1-2H3. The van der Waals surface area contributed by atoms with Crippen LogP contribution in [0.3, 0.4) is 0 Å². The van der Waals surface area contributed by atoms with Crippen molar-refractivity contribution in [1.82, 2.24) is 19.7 Å². The molecule has 2 aromatic heterocycles. The van der Waals surface area contributed by atoms with Crippen molar-refractivity contribution < 1.29 is 4.79 Å². The van der Waals surface area contributed by atoms with Gasteiger partial charge in [-0.2, -0.15) is 5.10 Å². The zero-order valence-electron chi connectivity index (χ0n) is 9.12. The predicted molar refractivity (Wildman–Crippen MR) is 60.6 cm³/mol. The third-order valence-electron chi connectivity index (χ3n) is 2.16. The van der Waals surface area contributed by atoms with Gasteiger partial charge in [0.2, 0.25) is 0 Å². The van der Waals surface area contributed by atoms with Crippen LogP contribution >= 0.6 is 11.3 Å². The fourth-order valence-corrected chi connectivity index (χ4v) is 1.98. The van der Waals surface area contributed by atoms with E-state index < -0.39 is 0 Å². The monoisotopic (exact) mass is 236 g/mol. The summed E-state index contributed by atoms with van der Waals surface area (Å²) in [6.07, 6.45) is 3.35. The Morgan fingerprint density at radius 1 is 1.56 bits per heavy atom. The van der Waals surface area contributed by atoms with Crippen LogP contribution in [0.15, 0.2) is 18.0 Å². The van der Waals surface area contributed by atoms with Crippen molar-refractivity contribution in [2.45, 2.75) is 26.3 Å². The first-order valence-corrected chi connectivity index (χ1v) is 5.86. The molecule has 0 aliphatic rings. The summed E-state index contributed by atoms with van der Waals surface area (Å²) in [7, 11) is 0. The number of Topliss-reactive ketones (excluding diaryl/α,β-unsaturated/α-hetero) is 1. The van der Waals surface area contributed by atoms with Gasteiger partial charge in [-0.15, -0.1) is 11.3 Å². The first-order valence-electron chi connectivity index (χ1n) is 4.98. The summed E-state index contributed by atoms with van der Waals surface area (Å²) in [5.41, 5.74) is 1.65. The topological polar surface area (TPSA) is 60.7 Å². The smallest absolute Gasteiger partial charge is 0.181 e. The average molecular weight is 236 g/mol. The summed E-state index contributed by atoms with van der Waals surface area (Å²) >= 11 is 1.35. The molecule has 16 heavy (non-hydrogen) atoms. The Morgan fingerprint density at radius 3 is 3.00 bits per heavy atom.